The van der Waals surface area contributed by atoms with Gasteiger partial charge in [-0.05, 0) is 80.6 Å². The normalized spacial score (nSPS) is 21.7. The van der Waals surface area contributed by atoms with Crippen LogP contribution in [-0.4, -0.2) is 71.9 Å². The summed E-state index contributed by atoms with van der Waals surface area (Å²) >= 11 is 0. The van der Waals surface area contributed by atoms with Crippen molar-refractivity contribution in [3.05, 3.63) is 65.6 Å². The molecule has 3 N–H and O–H groups in total. The molecule has 6 rings (SSSR count). The molecular weight excluding hydrogens is 536 g/mol. The Hall–Kier alpha value is -3.62. The van der Waals surface area contributed by atoms with Crippen LogP contribution in [-0.2, 0) is 9.53 Å². The Labute approximate surface area is 254 Å². The SMILES string of the molecule is CC(=O)N1CCC(=NC2CCOCC2)/C(=C(\N)c2cccc3cc(-c4ccc(C(C)CC5CCNCC5)nc4)ncc23)C1. The third kappa shape index (κ3) is 6.81. The number of nitrogens with one attached hydrogen (secondary N) is 1. The fourth-order valence-corrected chi connectivity index (χ4v) is 6.75. The molecule has 8 heteroatoms. The second-order valence-electron chi connectivity index (χ2n) is 12.4. The number of hydrogen-bond acceptors (Lipinski definition) is 7. The van der Waals surface area contributed by atoms with E-state index in [1.54, 1.807) is 6.92 Å². The van der Waals surface area contributed by atoms with Crippen LogP contribution in [0.25, 0.3) is 27.7 Å². The highest BCUT2D eigenvalue weighted by molar-refractivity contribution is 6.10. The molecule has 3 aliphatic rings. The molecule has 3 saturated heterocycles. The Bertz CT molecular complexity index is 1500. The lowest BCUT2D eigenvalue weighted by Gasteiger charge is -2.31. The van der Waals surface area contributed by atoms with Crippen molar-refractivity contribution in [3.63, 3.8) is 0 Å². The topological polar surface area (TPSA) is 106 Å². The molecule has 226 valence electrons. The number of benzene rings is 1. The van der Waals surface area contributed by atoms with Crippen molar-refractivity contribution < 1.29 is 9.53 Å². The molecular formula is C35H44N6O2. The van der Waals surface area contributed by atoms with Crippen LogP contribution in [0.1, 0.15) is 69.5 Å². The molecule has 3 aliphatic heterocycles. The van der Waals surface area contributed by atoms with Crippen molar-refractivity contribution in [1.29, 1.82) is 0 Å². The van der Waals surface area contributed by atoms with E-state index in [9.17, 15) is 4.79 Å². The number of nitrogens with two attached hydrogens (primary N) is 1. The Balaban J connectivity index is 1.27. The summed E-state index contributed by atoms with van der Waals surface area (Å²) in [5.41, 5.74) is 13.6. The fraction of sp³-hybridized carbons (Fsp3) is 0.486. The molecule has 3 aromatic rings. The van der Waals surface area contributed by atoms with E-state index in [-0.39, 0.29) is 11.9 Å². The highest BCUT2D eigenvalue weighted by Crippen LogP contribution is 2.31. The molecule has 5 heterocycles. The summed E-state index contributed by atoms with van der Waals surface area (Å²) in [5, 5.41) is 5.51. The molecule has 3 fully saturated rings. The van der Waals surface area contributed by atoms with Crippen LogP contribution in [0.2, 0.25) is 0 Å². The zero-order valence-electron chi connectivity index (χ0n) is 25.5. The maximum absolute atomic E-state index is 12.3. The number of amides is 1. The average molecular weight is 581 g/mol. The van der Waals surface area contributed by atoms with Gasteiger partial charge in [0.05, 0.1) is 11.7 Å². The number of likely N-dealkylation sites (tertiary alicyclic amines) is 1. The minimum Gasteiger partial charge on any atom is -0.398 e. The van der Waals surface area contributed by atoms with Gasteiger partial charge in [-0.25, -0.2) is 0 Å². The molecule has 1 atom stereocenters. The first-order valence-corrected chi connectivity index (χ1v) is 15.9. The third-order valence-electron chi connectivity index (χ3n) is 9.40. The van der Waals surface area contributed by atoms with E-state index < -0.39 is 0 Å². The number of aromatic nitrogens is 2. The van der Waals surface area contributed by atoms with Crippen LogP contribution in [0.4, 0.5) is 0 Å². The number of carbonyl (C=O) groups excluding carboxylic acids is 1. The second kappa shape index (κ2) is 13.3. The Morgan fingerprint density at radius 3 is 2.67 bits per heavy atom. The zero-order valence-corrected chi connectivity index (χ0v) is 25.5. The molecule has 0 aliphatic carbocycles. The number of rotatable bonds is 6. The van der Waals surface area contributed by atoms with Gasteiger partial charge in [0.25, 0.3) is 0 Å². The molecule has 0 radical (unpaired) electrons. The quantitative estimate of drug-likeness (QED) is 0.408. The van der Waals surface area contributed by atoms with Crippen LogP contribution in [0.5, 0.6) is 0 Å². The lowest BCUT2D eigenvalue weighted by Crippen LogP contribution is -2.40. The second-order valence-corrected chi connectivity index (χ2v) is 12.4. The zero-order chi connectivity index (χ0) is 29.8. The van der Waals surface area contributed by atoms with Gasteiger partial charge in [-0.1, -0.05) is 25.1 Å². The lowest BCUT2D eigenvalue weighted by molar-refractivity contribution is -0.128. The predicted molar refractivity (Wildman–Crippen MR) is 173 cm³/mol. The lowest BCUT2D eigenvalue weighted by atomic mass is 9.87. The van der Waals surface area contributed by atoms with Gasteiger partial charge in [0.15, 0.2) is 0 Å². The first-order valence-electron chi connectivity index (χ1n) is 15.9. The van der Waals surface area contributed by atoms with Gasteiger partial charge in [0.2, 0.25) is 5.91 Å². The molecule has 0 spiro atoms. The van der Waals surface area contributed by atoms with Crippen molar-refractivity contribution >= 4 is 28.1 Å². The van der Waals surface area contributed by atoms with Crippen molar-refractivity contribution in [1.82, 2.24) is 20.2 Å². The predicted octanol–water partition coefficient (Wildman–Crippen LogP) is 5.33. The first kappa shape index (κ1) is 29.5. The molecule has 2 aromatic heterocycles. The van der Waals surface area contributed by atoms with Crippen molar-refractivity contribution in [3.8, 4) is 11.3 Å². The van der Waals surface area contributed by atoms with Crippen LogP contribution in [0, 0.1) is 5.92 Å². The number of aliphatic imine (C=N–C) groups is 1. The van der Waals surface area contributed by atoms with Gasteiger partial charge in [0, 0.05) is 91.2 Å². The average Bonchev–Trinajstić information content (AvgIpc) is 3.05. The van der Waals surface area contributed by atoms with Gasteiger partial charge in [0.1, 0.15) is 0 Å². The molecule has 1 amide bonds. The molecule has 1 aromatic carbocycles. The number of carbonyl (C=O) groups is 1. The van der Waals surface area contributed by atoms with E-state index in [1.165, 1.54) is 19.3 Å². The highest BCUT2D eigenvalue weighted by atomic mass is 16.5. The summed E-state index contributed by atoms with van der Waals surface area (Å²) in [6.07, 6.45) is 10.1. The molecule has 0 bridgehead atoms. The Morgan fingerprint density at radius 2 is 1.93 bits per heavy atom. The Morgan fingerprint density at radius 1 is 1.12 bits per heavy atom. The summed E-state index contributed by atoms with van der Waals surface area (Å²) in [4.78, 5) is 29.0. The number of fused-ring (bicyclic) bond motifs is 1. The van der Waals surface area contributed by atoms with Gasteiger partial charge < -0.3 is 20.7 Å². The number of nitrogens with zero attached hydrogens (tertiary/aromatic N) is 4. The molecule has 0 saturated carbocycles. The van der Waals surface area contributed by atoms with Gasteiger partial charge in [-0.3, -0.25) is 19.8 Å². The van der Waals surface area contributed by atoms with Crippen LogP contribution in [0.3, 0.4) is 0 Å². The first-order chi connectivity index (χ1) is 21.0. The minimum atomic E-state index is 0.0555. The van der Waals surface area contributed by atoms with Crippen LogP contribution in [0.15, 0.2) is 59.4 Å². The van der Waals surface area contributed by atoms with Crippen molar-refractivity contribution in [2.75, 3.05) is 39.4 Å². The third-order valence-corrected chi connectivity index (χ3v) is 9.40. The molecule has 1 unspecified atom stereocenters. The van der Waals surface area contributed by atoms with Crippen molar-refractivity contribution in [2.45, 2.75) is 64.3 Å². The monoisotopic (exact) mass is 580 g/mol. The van der Waals surface area contributed by atoms with Crippen LogP contribution >= 0.6 is 0 Å². The summed E-state index contributed by atoms with van der Waals surface area (Å²) in [6, 6.07) is 12.8. The van der Waals surface area contributed by atoms with Crippen molar-refractivity contribution in [2.24, 2.45) is 16.6 Å². The maximum atomic E-state index is 12.3. The van der Waals surface area contributed by atoms with Crippen LogP contribution < -0.4 is 11.1 Å². The van der Waals surface area contributed by atoms with E-state index in [0.29, 0.717) is 31.1 Å². The minimum absolute atomic E-state index is 0.0555. The number of piperidine rings is 2. The fourth-order valence-electron chi connectivity index (χ4n) is 6.75. The summed E-state index contributed by atoms with van der Waals surface area (Å²) < 4.78 is 5.54. The summed E-state index contributed by atoms with van der Waals surface area (Å²) in [5.74, 6) is 1.28. The van der Waals surface area contributed by atoms with E-state index in [4.69, 9.17) is 25.4 Å². The maximum Gasteiger partial charge on any atom is 0.219 e. The van der Waals surface area contributed by atoms with E-state index in [1.807, 2.05) is 29.4 Å². The smallest absolute Gasteiger partial charge is 0.219 e. The highest BCUT2D eigenvalue weighted by Gasteiger charge is 2.26. The molecule has 8 nitrogen and oxygen atoms in total. The largest absolute Gasteiger partial charge is 0.398 e. The molecule has 43 heavy (non-hydrogen) atoms. The summed E-state index contributed by atoms with van der Waals surface area (Å²) in [7, 11) is 0. The Kier molecular flexibility index (Phi) is 9.14. The number of ether oxygens (including phenoxy) is 1. The summed E-state index contributed by atoms with van der Waals surface area (Å²) in [6.45, 7) is 8.78. The van der Waals surface area contributed by atoms with Gasteiger partial charge in [-0.15, -0.1) is 0 Å². The van der Waals surface area contributed by atoms with E-state index in [2.05, 4.69) is 36.5 Å². The van der Waals surface area contributed by atoms with Gasteiger partial charge >= 0.3 is 0 Å². The van der Waals surface area contributed by atoms with E-state index in [0.717, 1.165) is 89.6 Å². The van der Waals surface area contributed by atoms with Gasteiger partial charge in [-0.2, -0.15) is 0 Å². The number of pyridine rings is 2. The van der Waals surface area contributed by atoms with E-state index >= 15 is 0 Å². The standard InChI is InChI=1S/C35H44N6O2/c1-23(18-25-8-13-37-14-9-25)32-7-6-27(20-38-32)34-19-26-4-3-5-29(30(26)21-39-34)35(36)31-22-41(24(2)42)15-10-33(31)40-28-11-16-43-17-12-28/h3-7,19-21,23,25,28,37H,8-18,22,36H2,1-2H3/b35-31-,40-33?. The number of hydrogen-bond donors (Lipinski definition) is 2.